The van der Waals surface area contributed by atoms with E-state index in [9.17, 15) is 0 Å². The molecule has 1 aliphatic rings. The monoisotopic (exact) mass is 375 g/mol. The molecular weight excluding hydrogens is 338 g/mol. The highest BCUT2D eigenvalue weighted by Crippen LogP contribution is 2.16. The lowest BCUT2D eigenvalue weighted by Gasteiger charge is -2.30. The molecule has 0 amide bonds. The van der Waals surface area contributed by atoms with Crippen molar-refractivity contribution >= 4 is 11.6 Å². The molecule has 1 fully saturated rings. The molecule has 6 nitrogen and oxygen atoms in total. The number of nitrogens with zero attached hydrogens (tertiary/aromatic N) is 3. The molecule has 0 spiro atoms. The zero-order valence-electron chi connectivity index (χ0n) is 17.7. The molecule has 0 bridgehead atoms. The quantitative estimate of drug-likeness (QED) is 0.539. The molecule has 0 atom stereocenters. The lowest BCUT2D eigenvalue weighted by Crippen LogP contribution is -2.45. The minimum Gasteiger partial charge on any atom is -0.378 e. The Labute approximate surface area is 165 Å². The van der Waals surface area contributed by atoms with Crippen molar-refractivity contribution in [3.63, 3.8) is 0 Å². The highest BCUT2D eigenvalue weighted by molar-refractivity contribution is 5.79. The number of anilines is 1. The number of ether oxygens (including phenoxy) is 1. The van der Waals surface area contributed by atoms with Gasteiger partial charge in [0.2, 0.25) is 0 Å². The van der Waals surface area contributed by atoms with Crippen LogP contribution in [0.4, 0.5) is 5.69 Å². The van der Waals surface area contributed by atoms with Crippen LogP contribution >= 0.6 is 0 Å². The van der Waals surface area contributed by atoms with Crippen LogP contribution in [0.5, 0.6) is 0 Å². The van der Waals surface area contributed by atoms with Gasteiger partial charge in [0.15, 0.2) is 5.96 Å². The van der Waals surface area contributed by atoms with Gasteiger partial charge in [-0.2, -0.15) is 0 Å². The van der Waals surface area contributed by atoms with Crippen molar-refractivity contribution in [2.24, 2.45) is 4.99 Å². The number of morpholine rings is 1. The Bertz CT molecular complexity index is 556. The summed E-state index contributed by atoms with van der Waals surface area (Å²) in [4.78, 5) is 9.18. The molecule has 0 radical (unpaired) electrons. The molecule has 1 saturated heterocycles. The number of rotatable bonds is 8. The Morgan fingerprint density at radius 3 is 2.26 bits per heavy atom. The van der Waals surface area contributed by atoms with Crippen LogP contribution in [0.2, 0.25) is 0 Å². The zero-order valence-corrected chi connectivity index (χ0v) is 17.7. The van der Waals surface area contributed by atoms with Crippen molar-refractivity contribution in [2.45, 2.75) is 46.3 Å². The molecule has 0 aliphatic carbocycles. The fourth-order valence-electron chi connectivity index (χ4n) is 3.47. The van der Waals surface area contributed by atoms with E-state index in [0.29, 0.717) is 12.1 Å². The second kappa shape index (κ2) is 11.1. The molecule has 27 heavy (non-hydrogen) atoms. The van der Waals surface area contributed by atoms with Crippen LogP contribution in [-0.2, 0) is 11.3 Å². The van der Waals surface area contributed by atoms with Crippen molar-refractivity contribution in [2.75, 3.05) is 51.3 Å². The molecule has 0 aromatic heterocycles. The van der Waals surface area contributed by atoms with Gasteiger partial charge in [-0.25, -0.2) is 0 Å². The van der Waals surface area contributed by atoms with Crippen molar-refractivity contribution in [1.29, 1.82) is 0 Å². The highest BCUT2D eigenvalue weighted by atomic mass is 16.5. The third kappa shape index (κ3) is 7.03. The average Bonchev–Trinajstić information content (AvgIpc) is 2.68. The van der Waals surface area contributed by atoms with Gasteiger partial charge < -0.3 is 20.3 Å². The number of aliphatic imine (C=N–C) groups is 1. The number of hydrogen-bond acceptors (Lipinski definition) is 4. The van der Waals surface area contributed by atoms with Crippen LogP contribution in [0.1, 0.15) is 33.3 Å². The van der Waals surface area contributed by atoms with E-state index < -0.39 is 0 Å². The van der Waals surface area contributed by atoms with Crippen LogP contribution in [0.3, 0.4) is 0 Å². The van der Waals surface area contributed by atoms with E-state index in [1.165, 1.54) is 11.3 Å². The Balaban J connectivity index is 1.76. The summed E-state index contributed by atoms with van der Waals surface area (Å²) in [7, 11) is 1.82. The summed E-state index contributed by atoms with van der Waals surface area (Å²) in [5.74, 6) is 0.847. The summed E-state index contributed by atoms with van der Waals surface area (Å²) >= 11 is 0. The van der Waals surface area contributed by atoms with Gasteiger partial charge in [0, 0.05) is 57.5 Å². The van der Waals surface area contributed by atoms with E-state index in [-0.39, 0.29) is 0 Å². The predicted octanol–water partition coefficient (Wildman–Crippen LogP) is 2.31. The molecule has 6 heteroatoms. The first kappa shape index (κ1) is 21.5. The standard InChI is InChI=1S/C21H37N5O/c1-17(2)26(18(3)4)11-10-23-21(22-5)24-16-19-6-8-20(9-7-19)25-12-14-27-15-13-25/h6-9,17-18H,10-16H2,1-5H3,(H2,22,23,24). The van der Waals surface area contributed by atoms with Crippen LogP contribution in [-0.4, -0.2) is 69.4 Å². The van der Waals surface area contributed by atoms with Crippen molar-refractivity contribution in [3.05, 3.63) is 29.8 Å². The molecule has 2 rings (SSSR count). The Kier molecular flexibility index (Phi) is 8.88. The number of guanidine groups is 1. The second-order valence-electron chi connectivity index (χ2n) is 7.54. The van der Waals surface area contributed by atoms with E-state index in [4.69, 9.17) is 4.74 Å². The van der Waals surface area contributed by atoms with Gasteiger partial charge in [-0.1, -0.05) is 12.1 Å². The second-order valence-corrected chi connectivity index (χ2v) is 7.54. The van der Waals surface area contributed by atoms with E-state index in [2.05, 4.69) is 77.4 Å². The third-order valence-corrected chi connectivity index (χ3v) is 4.99. The van der Waals surface area contributed by atoms with Gasteiger partial charge in [0.1, 0.15) is 0 Å². The Hall–Kier alpha value is -1.79. The molecule has 1 aromatic carbocycles. The Morgan fingerprint density at radius 1 is 1.07 bits per heavy atom. The topological polar surface area (TPSA) is 52.1 Å². The molecular formula is C21H37N5O. The Morgan fingerprint density at radius 2 is 1.70 bits per heavy atom. The fourth-order valence-corrected chi connectivity index (χ4v) is 3.47. The zero-order chi connectivity index (χ0) is 19.6. The molecule has 2 N–H and O–H groups in total. The van der Waals surface area contributed by atoms with E-state index in [1.54, 1.807) is 0 Å². The maximum absolute atomic E-state index is 5.42. The largest absolute Gasteiger partial charge is 0.378 e. The first-order valence-electron chi connectivity index (χ1n) is 10.1. The summed E-state index contributed by atoms with van der Waals surface area (Å²) < 4.78 is 5.42. The predicted molar refractivity (Wildman–Crippen MR) is 115 cm³/mol. The maximum atomic E-state index is 5.42. The van der Waals surface area contributed by atoms with E-state index >= 15 is 0 Å². The van der Waals surface area contributed by atoms with Gasteiger partial charge in [0.25, 0.3) is 0 Å². The summed E-state index contributed by atoms with van der Waals surface area (Å²) in [6.45, 7) is 15.2. The molecule has 0 saturated carbocycles. The maximum Gasteiger partial charge on any atom is 0.191 e. The van der Waals surface area contributed by atoms with Crippen molar-refractivity contribution in [1.82, 2.24) is 15.5 Å². The first-order valence-corrected chi connectivity index (χ1v) is 10.1. The van der Waals surface area contributed by atoms with Crippen LogP contribution in [0.25, 0.3) is 0 Å². The van der Waals surface area contributed by atoms with Gasteiger partial charge in [-0.05, 0) is 45.4 Å². The van der Waals surface area contributed by atoms with Gasteiger partial charge in [0.05, 0.1) is 13.2 Å². The minimum absolute atomic E-state index is 0.548. The van der Waals surface area contributed by atoms with Crippen LogP contribution in [0.15, 0.2) is 29.3 Å². The molecule has 1 aliphatic heterocycles. The number of benzene rings is 1. The normalized spacial score (nSPS) is 15.7. The summed E-state index contributed by atoms with van der Waals surface area (Å²) in [6.07, 6.45) is 0. The lowest BCUT2D eigenvalue weighted by molar-refractivity contribution is 0.122. The third-order valence-electron chi connectivity index (χ3n) is 4.99. The smallest absolute Gasteiger partial charge is 0.191 e. The van der Waals surface area contributed by atoms with E-state index in [1.807, 2.05) is 7.05 Å². The fraction of sp³-hybridized carbons (Fsp3) is 0.667. The lowest BCUT2D eigenvalue weighted by atomic mass is 10.2. The SMILES string of the molecule is CN=C(NCCN(C(C)C)C(C)C)NCc1ccc(N2CCOCC2)cc1. The number of hydrogen-bond donors (Lipinski definition) is 2. The van der Waals surface area contributed by atoms with Crippen molar-refractivity contribution in [3.8, 4) is 0 Å². The van der Waals surface area contributed by atoms with Gasteiger partial charge >= 0.3 is 0 Å². The molecule has 152 valence electrons. The molecule has 1 aromatic rings. The van der Waals surface area contributed by atoms with Gasteiger partial charge in [-0.15, -0.1) is 0 Å². The van der Waals surface area contributed by atoms with Crippen molar-refractivity contribution < 1.29 is 4.74 Å². The molecule has 1 heterocycles. The molecule has 0 unspecified atom stereocenters. The average molecular weight is 376 g/mol. The highest BCUT2D eigenvalue weighted by Gasteiger charge is 2.13. The first-order chi connectivity index (χ1) is 13.0. The number of nitrogens with one attached hydrogen (secondary N) is 2. The van der Waals surface area contributed by atoms with Crippen LogP contribution in [0, 0.1) is 0 Å². The minimum atomic E-state index is 0.548. The van der Waals surface area contributed by atoms with Crippen LogP contribution < -0.4 is 15.5 Å². The summed E-state index contributed by atoms with van der Waals surface area (Å²) in [5.41, 5.74) is 2.52. The summed E-state index contributed by atoms with van der Waals surface area (Å²) in [6, 6.07) is 9.86. The summed E-state index contributed by atoms with van der Waals surface area (Å²) in [5, 5.41) is 6.82. The van der Waals surface area contributed by atoms with Gasteiger partial charge in [-0.3, -0.25) is 9.89 Å². The van der Waals surface area contributed by atoms with E-state index in [0.717, 1.165) is 51.9 Å².